The number of amides is 1. The van der Waals surface area contributed by atoms with E-state index in [4.69, 9.17) is 0 Å². The monoisotopic (exact) mass is 210 g/mol. The normalized spacial score (nSPS) is 26.3. The van der Waals surface area contributed by atoms with E-state index in [0.717, 1.165) is 25.5 Å². The second-order valence-corrected chi connectivity index (χ2v) is 4.82. The Morgan fingerprint density at radius 1 is 0.867 bits per heavy atom. The van der Waals surface area contributed by atoms with Crippen molar-refractivity contribution < 1.29 is 4.79 Å². The van der Waals surface area contributed by atoms with E-state index in [1.54, 1.807) is 0 Å². The minimum atomic E-state index is 0.749. The maximum absolute atomic E-state index is 10.6. The fraction of sp³-hybridized carbons (Fsp3) is 0.917. The van der Waals surface area contributed by atoms with Crippen LogP contribution in [0.3, 0.4) is 0 Å². The molecule has 0 spiro atoms. The lowest BCUT2D eigenvalue weighted by Crippen LogP contribution is -2.44. The van der Waals surface area contributed by atoms with Gasteiger partial charge in [-0.25, -0.2) is 0 Å². The average molecular weight is 210 g/mol. The van der Waals surface area contributed by atoms with Gasteiger partial charge in [-0.1, -0.05) is 12.8 Å². The van der Waals surface area contributed by atoms with Crippen molar-refractivity contribution in [1.82, 2.24) is 9.80 Å². The van der Waals surface area contributed by atoms with Crippen molar-refractivity contribution in [3.8, 4) is 0 Å². The number of likely N-dealkylation sites (tertiary alicyclic amines) is 2. The number of rotatable bonds is 2. The van der Waals surface area contributed by atoms with E-state index >= 15 is 0 Å². The fourth-order valence-electron chi connectivity index (χ4n) is 2.82. The highest BCUT2D eigenvalue weighted by Gasteiger charge is 2.24. The second-order valence-electron chi connectivity index (χ2n) is 4.82. The van der Waals surface area contributed by atoms with Crippen LogP contribution >= 0.6 is 0 Å². The first-order chi connectivity index (χ1) is 7.40. The first-order valence-corrected chi connectivity index (χ1v) is 6.33. The van der Waals surface area contributed by atoms with E-state index in [9.17, 15) is 4.79 Å². The van der Waals surface area contributed by atoms with Gasteiger partial charge in [-0.05, 0) is 38.8 Å². The largest absolute Gasteiger partial charge is 0.345 e. The van der Waals surface area contributed by atoms with Crippen LogP contribution in [0.5, 0.6) is 0 Å². The van der Waals surface area contributed by atoms with Crippen LogP contribution in [0.2, 0.25) is 0 Å². The summed E-state index contributed by atoms with van der Waals surface area (Å²) in [7, 11) is 0. The van der Waals surface area contributed by atoms with Gasteiger partial charge in [0.2, 0.25) is 6.41 Å². The molecule has 0 atom stereocenters. The predicted octanol–water partition coefficient (Wildman–Crippen LogP) is 1.48. The number of hydrogen-bond acceptors (Lipinski definition) is 2. The van der Waals surface area contributed by atoms with E-state index < -0.39 is 0 Å². The SMILES string of the molecule is O=CN1CCC(N2CCCCCC2)CC1. The van der Waals surface area contributed by atoms with E-state index in [1.807, 2.05) is 4.90 Å². The fourth-order valence-corrected chi connectivity index (χ4v) is 2.82. The smallest absolute Gasteiger partial charge is 0.209 e. The maximum atomic E-state index is 10.6. The van der Waals surface area contributed by atoms with Gasteiger partial charge in [0.15, 0.2) is 0 Å². The Morgan fingerprint density at radius 3 is 2.00 bits per heavy atom. The summed E-state index contributed by atoms with van der Waals surface area (Å²) in [6.07, 6.45) is 8.91. The molecule has 0 aliphatic carbocycles. The van der Waals surface area contributed by atoms with Gasteiger partial charge in [0.1, 0.15) is 0 Å². The summed E-state index contributed by atoms with van der Waals surface area (Å²) in [6, 6.07) is 0.749. The van der Waals surface area contributed by atoms with Crippen LogP contribution in [-0.4, -0.2) is 48.4 Å². The summed E-state index contributed by atoms with van der Waals surface area (Å²) in [4.78, 5) is 15.2. The van der Waals surface area contributed by atoms with Crippen molar-refractivity contribution in [3.63, 3.8) is 0 Å². The summed E-state index contributed by atoms with van der Waals surface area (Å²) in [5.41, 5.74) is 0. The lowest BCUT2D eigenvalue weighted by atomic mass is 10.0. The number of carbonyl (C=O) groups is 1. The van der Waals surface area contributed by atoms with E-state index in [1.165, 1.54) is 51.6 Å². The average Bonchev–Trinajstić information content (AvgIpc) is 2.58. The summed E-state index contributed by atoms with van der Waals surface area (Å²) < 4.78 is 0. The summed E-state index contributed by atoms with van der Waals surface area (Å²) in [6.45, 7) is 4.49. The Morgan fingerprint density at radius 2 is 1.47 bits per heavy atom. The molecule has 15 heavy (non-hydrogen) atoms. The molecule has 3 heteroatoms. The van der Waals surface area contributed by atoms with Gasteiger partial charge in [0, 0.05) is 19.1 Å². The molecule has 0 aromatic carbocycles. The van der Waals surface area contributed by atoms with Crippen molar-refractivity contribution in [3.05, 3.63) is 0 Å². The van der Waals surface area contributed by atoms with Crippen molar-refractivity contribution in [2.24, 2.45) is 0 Å². The van der Waals surface area contributed by atoms with Crippen molar-refractivity contribution in [1.29, 1.82) is 0 Å². The molecule has 0 aromatic heterocycles. The molecule has 2 saturated heterocycles. The van der Waals surface area contributed by atoms with Crippen LogP contribution in [0.25, 0.3) is 0 Å². The molecule has 2 heterocycles. The van der Waals surface area contributed by atoms with Crippen LogP contribution in [-0.2, 0) is 4.79 Å². The lowest BCUT2D eigenvalue weighted by Gasteiger charge is -2.36. The highest BCUT2D eigenvalue weighted by molar-refractivity contribution is 5.47. The van der Waals surface area contributed by atoms with Crippen LogP contribution in [0.15, 0.2) is 0 Å². The molecule has 0 unspecified atom stereocenters. The second kappa shape index (κ2) is 5.50. The molecule has 0 bridgehead atoms. The van der Waals surface area contributed by atoms with Crippen molar-refractivity contribution in [2.75, 3.05) is 26.2 Å². The topological polar surface area (TPSA) is 23.6 Å². The number of carbonyl (C=O) groups excluding carboxylic acids is 1. The summed E-state index contributed by atoms with van der Waals surface area (Å²) in [5.74, 6) is 0. The minimum absolute atomic E-state index is 0.749. The maximum Gasteiger partial charge on any atom is 0.209 e. The molecule has 0 N–H and O–H groups in total. The number of hydrogen-bond donors (Lipinski definition) is 0. The van der Waals surface area contributed by atoms with Gasteiger partial charge in [0.25, 0.3) is 0 Å². The van der Waals surface area contributed by atoms with Gasteiger partial charge in [-0.2, -0.15) is 0 Å². The Balaban J connectivity index is 1.80. The standard InChI is InChI=1S/C12H22N2O/c15-11-13-9-5-12(6-10-13)14-7-3-1-2-4-8-14/h11-12H,1-10H2. The molecule has 2 rings (SSSR count). The molecule has 0 radical (unpaired) electrons. The van der Waals surface area contributed by atoms with Gasteiger partial charge < -0.3 is 9.80 Å². The zero-order valence-corrected chi connectivity index (χ0v) is 9.53. The quantitative estimate of drug-likeness (QED) is 0.645. The molecule has 2 aliphatic heterocycles. The van der Waals surface area contributed by atoms with Crippen LogP contribution in [0.1, 0.15) is 38.5 Å². The molecule has 86 valence electrons. The summed E-state index contributed by atoms with van der Waals surface area (Å²) >= 11 is 0. The van der Waals surface area contributed by atoms with E-state index in [0.29, 0.717) is 0 Å². The minimum Gasteiger partial charge on any atom is -0.345 e. The first-order valence-electron chi connectivity index (χ1n) is 6.33. The Labute approximate surface area is 92.4 Å². The molecular weight excluding hydrogens is 188 g/mol. The van der Waals surface area contributed by atoms with Crippen LogP contribution in [0, 0.1) is 0 Å². The zero-order chi connectivity index (χ0) is 10.5. The molecule has 0 aromatic rings. The van der Waals surface area contributed by atoms with Gasteiger partial charge >= 0.3 is 0 Å². The van der Waals surface area contributed by atoms with Crippen molar-refractivity contribution in [2.45, 2.75) is 44.6 Å². The van der Waals surface area contributed by atoms with Crippen LogP contribution < -0.4 is 0 Å². The number of nitrogens with zero attached hydrogens (tertiary/aromatic N) is 2. The molecule has 2 aliphatic rings. The van der Waals surface area contributed by atoms with Crippen molar-refractivity contribution >= 4 is 6.41 Å². The third-order valence-corrected chi connectivity index (χ3v) is 3.81. The van der Waals surface area contributed by atoms with Crippen LogP contribution in [0.4, 0.5) is 0 Å². The molecule has 1 amide bonds. The molecular formula is C12H22N2O. The van der Waals surface area contributed by atoms with Gasteiger partial charge in [0.05, 0.1) is 0 Å². The van der Waals surface area contributed by atoms with Gasteiger partial charge in [-0.3, -0.25) is 4.79 Å². The molecule has 0 saturated carbocycles. The Bertz CT molecular complexity index is 192. The van der Waals surface area contributed by atoms with E-state index in [-0.39, 0.29) is 0 Å². The predicted molar refractivity (Wildman–Crippen MR) is 60.7 cm³/mol. The first kappa shape index (κ1) is 10.9. The van der Waals surface area contributed by atoms with Gasteiger partial charge in [-0.15, -0.1) is 0 Å². The highest BCUT2D eigenvalue weighted by Crippen LogP contribution is 2.19. The zero-order valence-electron chi connectivity index (χ0n) is 9.53. The summed E-state index contributed by atoms with van der Waals surface area (Å²) in [5, 5.41) is 0. The van der Waals surface area contributed by atoms with E-state index in [2.05, 4.69) is 4.90 Å². The lowest BCUT2D eigenvalue weighted by molar-refractivity contribution is -0.119. The third kappa shape index (κ3) is 2.94. The molecule has 3 nitrogen and oxygen atoms in total. The third-order valence-electron chi connectivity index (χ3n) is 3.81. The Hall–Kier alpha value is -0.570. The number of piperidine rings is 1. The molecule has 2 fully saturated rings. The Kier molecular flexibility index (Phi) is 4.01. The highest BCUT2D eigenvalue weighted by atomic mass is 16.1.